The van der Waals surface area contributed by atoms with Crippen molar-refractivity contribution in [3.8, 4) is 11.8 Å². The highest BCUT2D eigenvalue weighted by molar-refractivity contribution is 7.90. The predicted molar refractivity (Wildman–Crippen MR) is 110 cm³/mol. The van der Waals surface area contributed by atoms with Crippen molar-refractivity contribution in [2.75, 3.05) is 43.9 Å². The van der Waals surface area contributed by atoms with E-state index in [-0.39, 0.29) is 53.6 Å². The first-order valence-electron chi connectivity index (χ1n) is 9.66. The van der Waals surface area contributed by atoms with Gasteiger partial charge in [0.05, 0.1) is 27.8 Å². The van der Waals surface area contributed by atoms with Crippen LogP contribution in [0.3, 0.4) is 0 Å². The molecule has 2 aromatic rings. The maximum Gasteiger partial charge on any atom is 0.422 e. The van der Waals surface area contributed by atoms with Crippen LogP contribution in [0, 0.1) is 17.1 Å². The first-order chi connectivity index (χ1) is 15.4. The van der Waals surface area contributed by atoms with Crippen LogP contribution >= 0.6 is 0 Å². The fraction of sp³-hybridized carbons (Fsp3) is 0.333. The van der Waals surface area contributed by atoms with Crippen molar-refractivity contribution in [1.29, 1.82) is 5.26 Å². The molecule has 1 aliphatic heterocycles. The van der Waals surface area contributed by atoms with E-state index < -0.39 is 34.3 Å². The van der Waals surface area contributed by atoms with E-state index in [0.717, 1.165) is 30.5 Å². The van der Waals surface area contributed by atoms with Crippen molar-refractivity contribution in [3.63, 3.8) is 0 Å². The summed E-state index contributed by atoms with van der Waals surface area (Å²) in [5, 5.41) is 8.86. The van der Waals surface area contributed by atoms with Gasteiger partial charge in [0.15, 0.2) is 16.4 Å². The molecule has 0 atom stereocenters. The number of benzene rings is 2. The summed E-state index contributed by atoms with van der Waals surface area (Å²) in [5.41, 5.74) is 0.122. The molecule has 1 aliphatic rings. The second-order valence-electron chi connectivity index (χ2n) is 7.39. The zero-order valence-corrected chi connectivity index (χ0v) is 18.2. The third-order valence-corrected chi connectivity index (χ3v) is 6.10. The zero-order valence-electron chi connectivity index (χ0n) is 17.4. The Morgan fingerprint density at radius 1 is 1.12 bits per heavy atom. The molecule has 0 aliphatic carbocycles. The van der Waals surface area contributed by atoms with Gasteiger partial charge < -0.3 is 14.5 Å². The van der Waals surface area contributed by atoms with Gasteiger partial charge >= 0.3 is 6.18 Å². The summed E-state index contributed by atoms with van der Waals surface area (Å²) >= 11 is 0. The number of halogens is 4. The van der Waals surface area contributed by atoms with E-state index in [1.165, 1.54) is 17.0 Å². The molecule has 7 nitrogen and oxygen atoms in total. The average Bonchev–Trinajstić information content (AvgIpc) is 2.76. The van der Waals surface area contributed by atoms with Crippen LogP contribution in [-0.4, -0.2) is 64.4 Å². The number of hydrogen-bond donors (Lipinski definition) is 0. The number of nitriles is 1. The van der Waals surface area contributed by atoms with Crippen LogP contribution in [-0.2, 0) is 9.84 Å². The smallest absolute Gasteiger partial charge is 0.422 e. The molecule has 0 bridgehead atoms. The van der Waals surface area contributed by atoms with Gasteiger partial charge in [0.2, 0.25) is 0 Å². The minimum Gasteiger partial charge on any atom is -0.483 e. The maximum atomic E-state index is 14.3. The minimum atomic E-state index is -4.65. The number of sulfone groups is 1. The quantitative estimate of drug-likeness (QED) is 0.605. The number of ether oxygens (including phenoxy) is 1. The Bertz CT molecular complexity index is 1200. The predicted octanol–water partition coefficient (Wildman–Crippen LogP) is 3.00. The van der Waals surface area contributed by atoms with E-state index in [0.29, 0.717) is 0 Å². The fourth-order valence-corrected chi connectivity index (χ4v) is 3.99. The lowest BCUT2D eigenvalue weighted by Crippen LogP contribution is -2.49. The minimum absolute atomic E-state index is 0.111. The van der Waals surface area contributed by atoms with Gasteiger partial charge in [-0.25, -0.2) is 12.8 Å². The molecule has 0 spiro atoms. The maximum absolute atomic E-state index is 14.3. The summed E-state index contributed by atoms with van der Waals surface area (Å²) in [6.07, 6.45) is -3.73. The van der Waals surface area contributed by atoms with E-state index in [1.54, 1.807) is 4.90 Å². The molecular formula is C21H19F4N3O4S. The topological polar surface area (TPSA) is 90.7 Å². The van der Waals surface area contributed by atoms with Gasteiger partial charge in [0, 0.05) is 32.4 Å². The van der Waals surface area contributed by atoms with Crippen LogP contribution in [0.25, 0.3) is 0 Å². The summed E-state index contributed by atoms with van der Waals surface area (Å²) in [4.78, 5) is 15.8. The van der Waals surface area contributed by atoms with E-state index in [4.69, 9.17) is 10.00 Å². The molecule has 3 rings (SSSR count). The second kappa shape index (κ2) is 9.27. The number of carbonyl (C=O) groups excluding carboxylic acids is 1. The Kier molecular flexibility index (Phi) is 6.83. The number of nitrogens with zero attached hydrogens (tertiary/aromatic N) is 3. The fourth-order valence-electron chi connectivity index (χ4n) is 3.35. The summed E-state index contributed by atoms with van der Waals surface area (Å²) in [6, 6.07) is 8.97. The summed E-state index contributed by atoms with van der Waals surface area (Å²) in [7, 11) is -3.73. The van der Waals surface area contributed by atoms with Gasteiger partial charge in [0.1, 0.15) is 11.6 Å². The molecule has 33 heavy (non-hydrogen) atoms. The van der Waals surface area contributed by atoms with Crippen molar-refractivity contribution in [1.82, 2.24) is 4.90 Å². The summed E-state index contributed by atoms with van der Waals surface area (Å²) in [6.45, 7) is -0.977. The highest BCUT2D eigenvalue weighted by Gasteiger charge is 2.31. The Labute approximate surface area is 187 Å². The van der Waals surface area contributed by atoms with Crippen LogP contribution in [0.15, 0.2) is 41.3 Å². The number of rotatable bonds is 5. The van der Waals surface area contributed by atoms with Gasteiger partial charge in [-0.1, -0.05) is 0 Å². The first kappa shape index (κ1) is 24.3. The van der Waals surface area contributed by atoms with E-state index in [1.807, 2.05) is 6.07 Å². The van der Waals surface area contributed by atoms with Crippen molar-refractivity contribution >= 4 is 21.4 Å². The second-order valence-corrected chi connectivity index (χ2v) is 9.41. The normalized spacial score (nSPS) is 14.7. The highest BCUT2D eigenvalue weighted by atomic mass is 32.2. The number of carbonyl (C=O) groups is 1. The van der Waals surface area contributed by atoms with E-state index >= 15 is 0 Å². The van der Waals surface area contributed by atoms with Crippen LogP contribution in [0.1, 0.15) is 15.9 Å². The molecule has 2 aromatic carbocycles. The third kappa shape index (κ3) is 5.92. The number of piperazine rings is 1. The van der Waals surface area contributed by atoms with E-state index in [2.05, 4.69) is 0 Å². The molecule has 0 aromatic heterocycles. The van der Waals surface area contributed by atoms with Crippen molar-refractivity contribution in [2.45, 2.75) is 11.1 Å². The molecule has 0 unspecified atom stereocenters. The van der Waals surface area contributed by atoms with Gasteiger partial charge in [-0.15, -0.1) is 0 Å². The van der Waals surface area contributed by atoms with E-state index in [9.17, 15) is 30.8 Å². The Morgan fingerprint density at radius 3 is 2.33 bits per heavy atom. The van der Waals surface area contributed by atoms with Crippen LogP contribution in [0.2, 0.25) is 0 Å². The Hall–Kier alpha value is -3.33. The molecule has 0 N–H and O–H groups in total. The largest absolute Gasteiger partial charge is 0.483 e. The average molecular weight is 485 g/mol. The van der Waals surface area contributed by atoms with Crippen LogP contribution < -0.4 is 9.64 Å². The Balaban J connectivity index is 1.81. The molecule has 0 saturated carbocycles. The zero-order chi connectivity index (χ0) is 24.4. The van der Waals surface area contributed by atoms with Gasteiger partial charge in [-0.3, -0.25) is 4.79 Å². The van der Waals surface area contributed by atoms with Crippen molar-refractivity contribution in [3.05, 3.63) is 53.3 Å². The summed E-state index contributed by atoms with van der Waals surface area (Å²) in [5.74, 6) is -1.67. The molecule has 1 fully saturated rings. The number of alkyl halides is 3. The lowest BCUT2D eigenvalue weighted by molar-refractivity contribution is -0.153. The lowest BCUT2D eigenvalue weighted by atomic mass is 10.1. The SMILES string of the molecule is CS(=O)(=O)c1ccc(OCC(F)(F)F)c(C(=O)N2CCN(c3ccc(C#N)cc3F)CC2)c1. The summed E-state index contributed by atoms with van der Waals surface area (Å²) < 4.78 is 80.6. The van der Waals surface area contributed by atoms with Gasteiger partial charge in [-0.05, 0) is 36.4 Å². The standard InChI is InChI=1S/C21H19F4N3O4S/c1-33(30,31)15-3-5-19(32-13-21(23,24)25)16(11-15)20(29)28-8-6-27(7-9-28)18-4-2-14(12-26)10-17(18)22/h2-5,10-11H,6-9,13H2,1H3. The molecule has 1 amide bonds. The van der Waals surface area contributed by atoms with Crippen molar-refractivity contribution in [2.24, 2.45) is 0 Å². The number of anilines is 1. The highest BCUT2D eigenvalue weighted by Crippen LogP contribution is 2.28. The van der Waals surface area contributed by atoms with Gasteiger partial charge in [-0.2, -0.15) is 18.4 Å². The number of amides is 1. The van der Waals surface area contributed by atoms with Crippen molar-refractivity contribution < 1.29 is 35.5 Å². The molecule has 0 radical (unpaired) electrons. The molecule has 1 saturated heterocycles. The molecule has 1 heterocycles. The van der Waals surface area contributed by atoms with Crippen LogP contribution in [0.4, 0.5) is 23.2 Å². The van der Waals surface area contributed by atoms with Crippen LogP contribution in [0.5, 0.6) is 5.75 Å². The molecule has 12 heteroatoms. The Morgan fingerprint density at radius 2 is 1.79 bits per heavy atom. The monoisotopic (exact) mass is 485 g/mol. The third-order valence-electron chi connectivity index (χ3n) is 4.99. The number of hydrogen-bond acceptors (Lipinski definition) is 6. The molecule has 176 valence electrons. The lowest BCUT2D eigenvalue weighted by Gasteiger charge is -2.36. The molecular weight excluding hydrogens is 466 g/mol. The first-order valence-corrected chi connectivity index (χ1v) is 11.6. The van der Waals surface area contributed by atoms with Gasteiger partial charge in [0.25, 0.3) is 5.91 Å².